The van der Waals surface area contributed by atoms with Gasteiger partial charge in [-0.15, -0.1) is 0 Å². The molecule has 0 aliphatic rings. The first-order chi connectivity index (χ1) is 11.6. The van der Waals surface area contributed by atoms with Crippen LogP contribution in [-0.4, -0.2) is 22.1 Å². The molecule has 0 amide bonds. The number of rotatable bonds is 2. The number of aromatic nitrogens is 2. The van der Waals surface area contributed by atoms with Gasteiger partial charge in [-0.1, -0.05) is 0 Å². The van der Waals surface area contributed by atoms with E-state index < -0.39 is 11.1 Å². The third kappa shape index (κ3) is 1.82. The van der Waals surface area contributed by atoms with Gasteiger partial charge in [0.05, 0.1) is 33.2 Å². The molecule has 0 fully saturated rings. The van der Waals surface area contributed by atoms with E-state index in [9.17, 15) is 19.2 Å². The molecule has 24 heavy (non-hydrogen) atoms. The molecule has 0 saturated carbocycles. The summed E-state index contributed by atoms with van der Waals surface area (Å²) in [6.45, 7) is 0. The summed E-state index contributed by atoms with van der Waals surface area (Å²) in [7, 11) is 0. The van der Waals surface area contributed by atoms with Crippen LogP contribution in [0, 0.1) is 0 Å². The average Bonchev–Trinajstić information content (AvgIpc) is 2.54. The van der Waals surface area contributed by atoms with Crippen LogP contribution in [0.3, 0.4) is 0 Å². The lowest BCUT2D eigenvalue weighted by Crippen LogP contribution is -2.12. The summed E-state index contributed by atoms with van der Waals surface area (Å²) in [6, 6.07) is 5.87. The van der Waals surface area contributed by atoms with Crippen molar-refractivity contribution >= 4 is 56.1 Å². The fourth-order valence-corrected chi connectivity index (χ4v) is 2.96. The molecule has 8 heteroatoms. The van der Waals surface area contributed by atoms with Crippen LogP contribution >= 0.6 is 0 Å². The summed E-state index contributed by atoms with van der Waals surface area (Å²) in [5.41, 5.74) is 0.335. The van der Waals surface area contributed by atoms with Crippen LogP contribution in [0.2, 0.25) is 0 Å². The number of benzene rings is 2. The van der Waals surface area contributed by atoms with Crippen LogP contribution < -0.4 is 11.1 Å². The third-order valence-corrected chi connectivity index (χ3v) is 3.83. The predicted octanol–water partition coefficient (Wildman–Crippen LogP) is 1.90. The van der Waals surface area contributed by atoms with Gasteiger partial charge in [0.25, 0.3) is 11.1 Å². The zero-order chi connectivity index (χ0) is 16.8. The van der Waals surface area contributed by atoms with Crippen molar-refractivity contribution in [3.05, 3.63) is 45.0 Å². The van der Waals surface area contributed by atoms with Crippen molar-refractivity contribution in [2.75, 3.05) is 0 Å². The van der Waals surface area contributed by atoms with Gasteiger partial charge in [-0.2, -0.15) is 9.98 Å². The Hall–Kier alpha value is -3.86. The van der Waals surface area contributed by atoms with Gasteiger partial charge in [0.2, 0.25) is 12.2 Å². The Balaban J connectivity index is 2.35. The smallest absolute Gasteiger partial charge is 0.256 e. The highest BCUT2D eigenvalue weighted by Gasteiger charge is 2.16. The molecule has 0 bridgehead atoms. The van der Waals surface area contributed by atoms with E-state index in [4.69, 9.17) is 0 Å². The molecule has 0 saturated heterocycles. The third-order valence-electron chi connectivity index (χ3n) is 3.83. The summed E-state index contributed by atoms with van der Waals surface area (Å²) < 4.78 is 0. The van der Waals surface area contributed by atoms with Crippen LogP contribution in [0.5, 0.6) is 0 Å². The number of nitrogens with zero attached hydrogens (tertiary/aromatic N) is 2. The molecule has 2 aromatic heterocycles. The lowest BCUT2D eigenvalue weighted by Gasteiger charge is -2.10. The molecular formula is C16H6N4O4. The monoisotopic (exact) mass is 318 g/mol. The van der Waals surface area contributed by atoms with E-state index in [2.05, 4.69) is 20.0 Å². The van der Waals surface area contributed by atoms with Crippen molar-refractivity contribution in [2.45, 2.75) is 0 Å². The van der Waals surface area contributed by atoms with Crippen molar-refractivity contribution in [2.24, 2.45) is 9.98 Å². The molecule has 2 N–H and O–H groups in total. The number of aliphatic imine (C=N–C) groups is 2. The first kappa shape index (κ1) is 13.8. The van der Waals surface area contributed by atoms with Crippen LogP contribution in [0.15, 0.2) is 43.8 Å². The molecule has 2 aromatic carbocycles. The number of hydrogen-bond acceptors (Lipinski definition) is 6. The first-order valence-corrected chi connectivity index (χ1v) is 6.77. The molecule has 2 heterocycles. The van der Waals surface area contributed by atoms with Crippen molar-refractivity contribution < 1.29 is 9.59 Å². The van der Waals surface area contributed by atoms with Crippen molar-refractivity contribution in [3.8, 4) is 0 Å². The number of hydrogen-bond donors (Lipinski definition) is 2. The van der Waals surface area contributed by atoms with Gasteiger partial charge >= 0.3 is 0 Å². The normalized spacial score (nSPS) is 10.8. The lowest BCUT2D eigenvalue weighted by atomic mass is 10.0. The van der Waals surface area contributed by atoms with Crippen molar-refractivity contribution in [3.63, 3.8) is 0 Å². The minimum absolute atomic E-state index is 0.211. The van der Waals surface area contributed by atoms with Gasteiger partial charge in [0.15, 0.2) is 0 Å². The van der Waals surface area contributed by atoms with E-state index in [-0.39, 0.29) is 22.1 Å². The maximum absolute atomic E-state index is 12.4. The second kappa shape index (κ2) is 4.82. The zero-order valence-corrected chi connectivity index (χ0v) is 11.8. The van der Waals surface area contributed by atoms with E-state index in [1.807, 2.05) is 0 Å². The fourth-order valence-electron chi connectivity index (χ4n) is 2.96. The number of H-pyrrole nitrogens is 2. The largest absolute Gasteiger partial charge is 0.321 e. The molecule has 114 valence electrons. The minimum atomic E-state index is -0.420. The Morgan fingerprint density at radius 1 is 0.708 bits per heavy atom. The number of nitrogens with one attached hydrogen (secondary N) is 2. The van der Waals surface area contributed by atoms with Gasteiger partial charge in [0.1, 0.15) is 0 Å². The van der Waals surface area contributed by atoms with Gasteiger partial charge in [-0.05, 0) is 24.3 Å². The average molecular weight is 318 g/mol. The number of aromatic amines is 2. The second-order valence-corrected chi connectivity index (χ2v) is 5.15. The topological polar surface area (TPSA) is 125 Å². The maximum Gasteiger partial charge on any atom is 0.256 e. The summed E-state index contributed by atoms with van der Waals surface area (Å²) in [4.78, 5) is 58.0. The lowest BCUT2D eigenvalue weighted by molar-refractivity contribution is 0.564. The number of isocyanates is 2. The predicted molar refractivity (Wildman–Crippen MR) is 87.0 cm³/mol. The Labute approximate surface area is 131 Å². The van der Waals surface area contributed by atoms with E-state index in [1.165, 1.54) is 36.4 Å². The molecular weight excluding hydrogens is 312 g/mol. The van der Waals surface area contributed by atoms with Gasteiger partial charge in [0, 0.05) is 10.8 Å². The van der Waals surface area contributed by atoms with Crippen molar-refractivity contribution in [1.29, 1.82) is 0 Å². The highest BCUT2D eigenvalue weighted by molar-refractivity contribution is 6.21. The molecule has 4 rings (SSSR count). The zero-order valence-electron chi connectivity index (χ0n) is 11.8. The molecule has 8 nitrogen and oxygen atoms in total. The van der Waals surface area contributed by atoms with E-state index >= 15 is 0 Å². The SMILES string of the molecule is O=C=Nc1cc2[nH]c(=O)c3cc(N=C=O)cc4[nH]c(=O)c(c1)c2c43. The van der Waals surface area contributed by atoms with E-state index in [1.54, 1.807) is 0 Å². The molecule has 0 unspecified atom stereocenters. The Morgan fingerprint density at radius 3 is 1.50 bits per heavy atom. The highest BCUT2D eigenvalue weighted by atomic mass is 16.1. The summed E-state index contributed by atoms with van der Waals surface area (Å²) in [6.07, 6.45) is 2.81. The van der Waals surface area contributed by atoms with Gasteiger partial charge in [-0.3, -0.25) is 9.59 Å². The van der Waals surface area contributed by atoms with Crippen LogP contribution in [-0.2, 0) is 9.59 Å². The maximum atomic E-state index is 12.4. The molecule has 0 aliphatic carbocycles. The summed E-state index contributed by atoms with van der Waals surface area (Å²) in [5.74, 6) is 0. The Kier molecular flexibility index (Phi) is 2.77. The highest BCUT2D eigenvalue weighted by Crippen LogP contribution is 2.33. The summed E-state index contributed by atoms with van der Waals surface area (Å²) in [5, 5.41) is 1.63. The molecule has 0 aliphatic heterocycles. The second-order valence-electron chi connectivity index (χ2n) is 5.15. The number of pyridine rings is 2. The van der Waals surface area contributed by atoms with E-state index in [0.717, 1.165) is 0 Å². The van der Waals surface area contributed by atoms with E-state index in [0.29, 0.717) is 21.8 Å². The minimum Gasteiger partial charge on any atom is -0.321 e. The fraction of sp³-hybridized carbons (Fsp3) is 0. The molecule has 4 aromatic rings. The molecule has 0 radical (unpaired) electrons. The van der Waals surface area contributed by atoms with Crippen LogP contribution in [0.4, 0.5) is 11.4 Å². The quantitative estimate of drug-likeness (QED) is 0.332. The molecule has 0 atom stereocenters. The standard InChI is InChI=1S/C16H6N4O4/c21-5-17-7-1-9-13-11(3-7)20-16(24)10-2-8(18-6-22)4-12(14(10)13)19-15(9)23/h1-4H,(H,19,23)(H,20,24). The first-order valence-electron chi connectivity index (χ1n) is 6.77. The van der Waals surface area contributed by atoms with Crippen LogP contribution in [0.25, 0.3) is 32.6 Å². The molecule has 0 spiro atoms. The number of carbonyl (C=O) groups excluding carboxylic acids is 2. The Bertz CT molecular complexity index is 1250. The van der Waals surface area contributed by atoms with Gasteiger partial charge < -0.3 is 9.97 Å². The van der Waals surface area contributed by atoms with Gasteiger partial charge in [-0.25, -0.2) is 9.59 Å². The van der Waals surface area contributed by atoms with Crippen molar-refractivity contribution in [1.82, 2.24) is 9.97 Å². The Morgan fingerprint density at radius 2 is 1.12 bits per heavy atom. The van der Waals surface area contributed by atoms with Crippen LogP contribution in [0.1, 0.15) is 0 Å². The summed E-state index contributed by atoms with van der Waals surface area (Å²) >= 11 is 0.